The van der Waals surface area contributed by atoms with Crippen LogP contribution < -0.4 is 4.90 Å². The number of aliphatic carboxylic acids is 1. The van der Waals surface area contributed by atoms with E-state index < -0.39 is 12.0 Å². The van der Waals surface area contributed by atoms with Crippen LogP contribution in [0, 0.1) is 0 Å². The van der Waals surface area contributed by atoms with Crippen LogP contribution in [-0.2, 0) is 4.79 Å². The molecule has 2 aromatic rings. The van der Waals surface area contributed by atoms with Crippen molar-refractivity contribution in [1.29, 1.82) is 0 Å². The van der Waals surface area contributed by atoms with Gasteiger partial charge in [0.05, 0.1) is 6.04 Å². The van der Waals surface area contributed by atoms with Crippen molar-refractivity contribution < 1.29 is 9.90 Å². The largest absolute Gasteiger partial charge is 0.480 e. The van der Waals surface area contributed by atoms with Crippen molar-refractivity contribution in [3.8, 4) is 0 Å². The number of halogens is 1. The zero-order valence-electron chi connectivity index (χ0n) is 14.5. The molecule has 1 aliphatic rings. The number of hydrogen-bond donors (Lipinski definition) is 1. The first kappa shape index (κ1) is 18.0. The number of rotatable bonds is 5. The van der Waals surface area contributed by atoms with Crippen LogP contribution in [-0.4, -0.2) is 42.7 Å². The number of anilines is 1. The van der Waals surface area contributed by atoms with Gasteiger partial charge in [0.1, 0.15) is 6.04 Å². The first-order chi connectivity index (χ1) is 12.0. The quantitative estimate of drug-likeness (QED) is 0.815. The summed E-state index contributed by atoms with van der Waals surface area (Å²) in [6, 6.07) is 16.1. The molecule has 1 N–H and O–H groups in total. The Hall–Kier alpha value is -1.85. The minimum Gasteiger partial charge on any atom is -0.480 e. The molecule has 4 nitrogen and oxygen atoms in total. The van der Waals surface area contributed by atoms with Crippen LogP contribution in [0.25, 0.3) is 0 Å². The Morgan fingerprint density at radius 3 is 2.52 bits per heavy atom. The summed E-state index contributed by atoms with van der Waals surface area (Å²) in [5.41, 5.74) is 3.37. The molecule has 2 aromatic carbocycles. The van der Waals surface area contributed by atoms with Gasteiger partial charge < -0.3 is 10.0 Å². The number of nitrogens with zero attached hydrogens (tertiary/aromatic N) is 2. The van der Waals surface area contributed by atoms with E-state index in [1.54, 1.807) is 0 Å². The number of carbonyl (C=O) groups is 1. The third-order valence-electron chi connectivity index (χ3n) is 4.80. The van der Waals surface area contributed by atoms with Gasteiger partial charge in [-0.1, -0.05) is 40.2 Å². The molecule has 2 atom stereocenters. The van der Waals surface area contributed by atoms with Crippen LogP contribution >= 0.6 is 15.9 Å². The molecule has 1 aliphatic heterocycles. The second kappa shape index (κ2) is 7.58. The van der Waals surface area contributed by atoms with Gasteiger partial charge in [0.25, 0.3) is 0 Å². The van der Waals surface area contributed by atoms with Crippen molar-refractivity contribution in [1.82, 2.24) is 4.90 Å². The lowest BCUT2D eigenvalue weighted by Crippen LogP contribution is -2.39. The van der Waals surface area contributed by atoms with Crippen LogP contribution in [0.4, 0.5) is 5.69 Å². The summed E-state index contributed by atoms with van der Waals surface area (Å²) >= 11 is 3.54. The van der Waals surface area contributed by atoms with Crippen LogP contribution in [0.15, 0.2) is 53.0 Å². The summed E-state index contributed by atoms with van der Waals surface area (Å²) in [6.45, 7) is 0.795. The number of carboxylic acid groups (broad SMARTS) is 1. The lowest BCUT2D eigenvalue weighted by atomic mass is 9.96. The van der Waals surface area contributed by atoms with Gasteiger partial charge in [-0.3, -0.25) is 9.69 Å². The van der Waals surface area contributed by atoms with E-state index in [4.69, 9.17) is 0 Å². The maximum absolute atomic E-state index is 11.7. The summed E-state index contributed by atoms with van der Waals surface area (Å²) in [5.74, 6) is -0.734. The molecule has 3 rings (SSSR count). The van der Waals surface area contributed by atoms with E-state index in [2.05, 4.69) is 62.1 Å². The van der Waals surface area contributed by atoms with Crippen LogP contribution in [0.2, 0.25) is 0 Å². The first-order valence-electron chi connectivity index (χ1n) is 8.48. The number of hydrogen-bond acceptors (Lipinski definition) is 3. The van der Waals surface area contributed by atoms with E-state index >= 15 is 0 Å². The fourth-order valence-corrected chi connectivity index (χ4v) is 3.99. The normalized spacial score (nSPS) is 18.9. The second-order valence-corrected chi connectivity index (χ2v) is 7.59. The van der Waals surface area contributed by atoms with E-state index in [1.807, 2.05) is 26.2 Å². The highest BCUT2D eigenvalue weighted by molar-refractivity contribution is 9.10. The monoisotopic (exact) mass is 402 g/mol. The average Bonchev–Trinajstić information content (AvgIpc) is 3.05. The van der Waals surface area contributed by atoms with Gasteiger partial charge >= 0.3 is 5.97 Å². The average molecular weight is 403 g/mol. The predicted octanol–water partition coefficient (Wildman–Crippen LogP) is 4.15. The van der Waals surface area contributed by atoms with Crippen molar-refractivity contribution in [2.75, 3.05) is 25.5 Å². The number of carboxylic acids is 1. The standard InChI is InChI=1S/C20H23BrN2O2/c1-22(2)17-10-8-14(9-11-17)19(15-5-3-6-16(21)13-15)23-12-4-7-18(23)20(24)25/h3,5-6,8-11,13,18-19H,4,7,12H2,1-2H3,(H,24,25). The summed E-state index contributed by atoms with van der Waals surface area (Å²) in [4.78, 5) is 15.9. The highest BCUT2D eigenvalue weighted by Gasteiger charge is 2.36. The van der Waals surface area contributed by atoms with Gasteiger partial charge in [0.15, 0.2) is 0 Å². The summed E-state index contributed by atoms with van der Waals surface area (Å²) < 4.78 is 1.01. The predicted molar refractivity (Wildman–Crippen MR) is 104 cm³/mol. The SMILES string of the molecule is CN(C)c1ccc(C(c2cccc(Br)c2)N2CCCC2C(=O)O)cc1. The van der Waals surface area contributed by atoms with Crippen LogP contribution in [0.5, 0.6) is 0 Å². The van der Waals surface area contributed by atoms with E-state index in [-0.39, 0.29) is 6.04 Å². The summed E-state index contributed by atoms with van der Waals surface area (Å²) in [6.07, 6.45) is 1.62. The second-order valence-electron chi connectivity index (χ2n) is 6.68. The third-order valence-corrected chi connectivity index (χ3v) is 5.29. The Morgan fingerprint density at radius 1 is 1.20 bits per heavy atom. The number of likely N-dealkylation sites (tertiary alicyclic amines) is 1. The Kier molecular flexibility index (Phi) is 5.45. The molecule has 1 heterocycles. The first-order valence-corrected chi connectivity index (χ1v) is 9.28. The molecule has 1 fully saturated rings. The number of benzene rings is 2. The molecule has 0 saturated carbocycles. The molecule has 2 unspecified atom stereocenters. The zero-order chi connectivity index (χ0) is 18.0. The molecule has 0 aromatic heterocycles. The van der Waals surface area contributed by atoms with Crippen molar-refractivity contribution in [2.24, 2.45) is 0 Å². The molecule has 5 heteroatoms. The molecule has 1 saturated heterocycles. The van der Waals surface area contributed by atoms with Crippen molar-refractivity contribution in [3.05, 3.63) is 64.1 Å². The molecular weight excluding hydrogens is 380 g/mol. The summed E-state index contributed by atoms with van der Waals surface area (Å²) in [7, 11) is 4.03. The maximum atomic E-state index is 11.7. The fraction of sp³-hybridized carbons (Fsp3) is 0.350. The molecular formula is C20H23BrN2O2. The van der Waals surface area contributed by atoms with Crippen LogP contribution in [0.3, 0.4) is 0 Å². The van der Waals surface area contributed by atoms with Gasteiger partial charge in [0, 0.05) is 30.8 Å². The highest BCUT2D eigenvalue weighted by atomic mass is 79.9. The zero-order valence-corrected chi connectivity index (χ0v) is 16.1. The minimum absolute atomic E-state index is 0.0580. The summed E-state index contributed by atoms with van der Waals surface area (Å²) in [5, 5.41) is 9.64. The molecule has 25 heavy (non-hydrogen) atoms. The van der Waals surface area contributed by atoms with Crippen LogP contribution in [0.1, 0.15) is 30.0 Å². The smallest absolute Gasteiger partial charge is 0.320 e. The molecule has 0 amide bonds. The molecule has 0 spiro atoms. The Balaban J connectivity index is 2.04. The molecule has 0 aliphatic carbocycles. The Bertz CT molecular complexity index is 746. The van der Waals surface area contributed by atoms with Crippen molar-refractivity contribution in [3.63, 3.8) is 0 Å². The van der Waals surface area contributed by atoms with Crippen molar-refractivity contribution in [2.45, 2.75) is 24.9 Å². The Labute approximate surface area is 157 Å². The van der Waals surface area contributed by atoms with E-state index in [1.165, 1.54) is 0 Å². The highest BCUT2D eigenvalue weighted by Crippen LogP contribution is 2.36. The van der Waals surface area contributed by atoms with E-state index in [0.717, 1.165) is 34.3 Å². The Morgan fingerprint density at radius 2 is 1.92 bits per heavy atom. The topological polar surface area (TPSA) is 43.8 Å². The van der Waals surface area contributed by atoms with E-state index in [9.17, 15) is 9.90 Å². The van der Waals surface area contributed by atoms with Gasteiger partial charge in [-0.15, -0.1) is 0 Å². The third kappa shape index (κ3) is 3.88. The van der Waals surface area contributed by atoms with Crippen molar-refractivity contribution >= 4 is 27.6 Å². The van der Waals surface area contributed by atoms with Gasteiger partial charge in [-0.2, -0.15) is 0 Å². The van der Waals surface area contributed by atoms with Gasteiger partial charge in [-0.05, 0) is 48.2 Å². The van der Waals surface area contributed by atoms with Gasteiger partial charge in [0.2, 0.25) is 0 Å². The van der Waals surface area contributed by atoms with Gasteiger partial charge in [-0.25, -0.2) is 0 Å². The lowest BCUT2D eigenvalue weighted by Gasteiger charge is -2.32. The maximum Gasteiger partial charge on any atom is 0.320 e. The van der Waals surface area contributed by atoms with E-state index in [0.29, 0.717) is 6.42 Å². The molecule has 0 bridgehead atoms. The lowest BCUT2D eigenvalue weighted by molar-refractivity contribution is -0.142. The fourth-order valence-electron chi connectivity index (χ4n) is 3.57. The molecule has 0 radical (unpaired) electrons. The minimum atomic E-state index is -0.734. The molecule has 132 valence electrons.